The van der Waals surface area contributed by atoms with E-state index in [1.165, 1.54) is 36.2 Å². The summed E-state index contributed by atoms with van der Waals surface area (Å²) in [5.74, 6) is -0.350. The third-order valence-electron chi connectivity index (χ3n) is 9.49. The van der Waals surface area contributed by atoms with Gasteiger partial charge in [-0.25, -0.2) is 0 Å². The van der Waals surface area contributed by atoms with Crippen LogP contribution in [0.15, 0.2) is 150 Å². The molecule has 7 aromatic carbocycles. The predicted molar refractivity (Wildman–Crippen MR) is 227 cm³/mol. The van der Waals surface area contributed by atoms with Crippen molar-refractivity contribution in [2.24, 2.45) is 20.5 Å². The van der Waals surface area contributed by atoms with Gasteiger partial charge in [-0.15, -0.1) is 20.4 Å². The van der Waals surface area contributed by atoms with Crippen molar-refractivity contribution in [2.75, 3.05) is 12.4 Å². The number of methoxy groups -OCH3 is 1. The van der Waals surface area contributed by atoms with Gasteiger partial charge in [0.15, 0.2) is 5.75 Å². The number of rotatable bonds is 11. The minimum atomic E-state index is -4.90. The van der Waals surface area contributed by atoms with Gasteiger partial charge in [0.1, 0.15) is 37.9 Å². The van der Waals surface area contributed by atoms with E-state index < -0.39 is 56.5 Å². The van der Waals surface area contributed by atoms with Crippen molar-refractivity contribution in [3.8, 4) is 17.2 Å². The average molecular weight is 895 g/mol. The first-order valence-electron chi connectivity index (χ1n) is 17.9. The molecule has 0 aliphatic rings. The molecule has 1 aromatic heterocycles. The van der Waals surface area contributed by atoms with Crippen LogP contribution in [0.25, 0.3) is 38.3 Å². The average Bonchev–Trinajstić information content (AvgIpc) is 3.67. The van der Waals surface area contributed by atoms with E-state index in [-0.39, 0.29) is 38.6 Å². The van der Waals surface area contributed by atoms with Gasteiger partial charge in [0.25, 0.3) is 30.4 Å². The third-order valence-corrected chi connectivity index (χ3v) is 12.1. The summed E-state index contributed by atoms with van der Waals surface area (Å²) in [6, 6.07) is 29.3. The Bertz CT molecular complexity index is 3530. The van der Waals surface area contributed by atoms with Gasteiger partial charge in [-0.2, -0.15) is 40.3 Å². The zero-order valence-electron chi connectivity index (χ0n) is 32.0. The molecule has 62 heavy (non-hydrogen) atoms. The van der Waals surface area contributed by atoms with Gasteiger partial charge in [0.05, 0.1) is 29.1 Å². The molecule has 0 saturated heterocycles. The summed E-state index contributed by atoms with van der Waals surface area (Å²) in [6.07, 6.45) is 0. The highest BCUT2D eigenvalue weighted by atomic mass is 32.2. The van der Waals surface area contributed by atoms with Gasteiger partial charge in [-0.05, 0) is 103 Å². The summed E-state index contributed by atoms with van der Waals surface area (Å²) < 4.78 is 108. The van der Waals surface area contributed by atoms with Crippen LogP contribution in [-0.4, -0.2) is 66.1 Å². The minimum absolute atomic E-state index is 0.00114. The lowest BCUT2D eigenvalue weighted by molar-refractivity contribution is 0.416. The first kappa shape index (κ1) is 41.5. The summed E-state index contributed by atoms with van der Waals surface area (Å²) in [4.78, 5) is -0.937. The predicted octanol–water partition coefficient (Wildman–Crippen LogP) is 9.06. The van der Waals surface area contributed by atoms with Crippen LogP contribution < -0.4 is 10.1 Å². The molecule has 0 unspecified atom stereocenters. The van der Waals surface area contributed by atoms with Crippen LogP contribution in [0.1, 0.15) is 5.56 Å². The molecule has 0 saturated carbocycles. The number of nitrogens with one attached hydrogen (secondary N) is 1. The van der Waals surface area contributed by atoms with Crippen LogP contribution >= 0.6 is 0 Å². The number of aromatic nitrogens is 3. The van der Waals surface area contributed by atoms with E-state index >= 15 is 0 Å². The highest BCUT2D eigenvalue weighted by Crippen LogP contribution is 2.44. The number of nitrogens with zero attached hydrogens (tertiary/aromatic N) is 7. The smallest absolute Gasteiger partial charge is 0.296 e. The van der Waals surface area contributed by atoms with Crippen LogP contribution in [-0.2, 0) is 30.4 Å². The lowest BCUT2D eigenvalue weighted by Crippen LogP contribution is -2.04. The molecule has 0 aliphatic heterocycles. The number of benzene rings is 7. The fourth-order valence-electron chi connectivity index (χ4n) is 6.52. The molecule has 8 rings (SSSR count). The Hall–Kier alpha value is -7.21. The van der Waals surface area contributed by atoms with Crippen LogP contribution in [0.3, 0.4) is 0 Å². The Morgan fingerprint density at radius 2 is 1.32 bits per heavy atom. The normalized spacial score (nSPS) is 12.6. The van der Waals surface area contributed by atoms with Crippen molar-refractivity contribution >= 4 is 97.1 Å². The maximum Gasteiger partial charge on any atom is 0.296 e. The van der Waals surface area contributed by atoms with Crippen molar-refractivity contribution in [3.63, 3.8) is 0 Å². The van der Waals surface area contributed by atoms with Crippen molar-refractivity contribution in [3.05, 3.63) is 121 Å². The van der Waals surface area contributed by atoms with E-state index in [1.54, 1.807) is 55.5 Å². The van der Waals surface area contributed by atoms with E-state index in [0.717, 1.165) is 11.8 Å². The first-order valence-corrected chi connectivity index (χ1v) is 22.2. The van der Waals surface area contributed by atoms with E-state index in [0.29, 0.717) is 39.8 Å². The Labute approximate surface area is 351 Å². The minimum Gasteiger partial charge on any atom is -0.505 e. The third kappa shape index (κ3) is 8.28. The summed E-state index contributed by atoms with van der Waals surface area (Å²) in [5, 5.41) is 40.6. The molecule has 0 radical (unpaired) electrons. The Balaban J connectivity index is 1.06. The number of phenols is 1. The lowest BCUT2D eigenvalue weighted by Gasteiger charge is -2.12. The maximum absolute atomic E-state index is 12.5. The number of anilines is 2. The van der Waals surface area contributed by atoms with E-state index in [9.17, 15) is 44.0 Å². The number of aromatic hydroxyl groups is 1. The quantitative estimate of drug-likeness (QED) is 0.0598. The zero-order valence-corrected chi connectivity index (χ0v) is 34.4. The topological polar surface area (TPSA) is 285 Å². The molecule has 22 heteroatoms. The molecule has 0 spiro atoms. The van der Waals surface area contributed by atoms with Crippen LogP contribution in [0.4, 0.5) is 34.1 Å². The molecule has 0 aliphatic carbocycles. The van der Waals surface area contributed by atoms with Crippen molar-refractivity contribution in [1.29, 1.82) is 0 Å². The lowest BCUT2D eigenvalue weighted by atomic mass is 10.1. The van der Waals surface area contributed by atoms with Gasteiger partial charge < -0.3 is 15.2 Å². The fraction of sp³-hybridized carbons (Fsp3) is 0.0500. The highest BCUT2D eigenvalue weighted by molar-refractivity contribution is 7.87. The fourth-order valence-corrected chi connectivity index (χ4v) is 8.52. The molecule has 0 amide bonds. The molecule has 1 heterocycles. The van der Waals surface area contributed by atoms with E-state index in [4.69, 9.17) is 4.74 Å². The highest BCUT2D eigenvalue weighted by Gasteiger charge is 2.24. The zero-order chi connectivity index (χ0) is 44.1. The SMILES string of the molecule is COc1cc(N=Nc2ccc(-n3nc4ccc5c(S(=O)(=O)O)cc(S(=O)(=O)O)cc5c4n3)cc2)c(C)cc1N=Nc1c(S(=O)(=O)O)cc2cc(Nc3ccccc3)ccc2c1O. The second-order valence-corrected chi connectivity index (χ2v) is 17.8. The van der Waals surface area contributed by atoms with Gasteiger partial charge in [-0.3, -0.25) is 13.7 Å². The monoisotopic (exact) mass is 894 g/mol. The maximum atomic E-state index is 12.5. The molecule has 0 fully saturated rings. The number of azo groups is 2. The summed E-state index contributed by atoms with van der Waals surface area (Å²) >= 11 is 0. The molecule has 8 aromatic rings. The second kappa shape index (κ2) is 15.7. The van der Waals surface area contributed by atoms with Crippen molar-refractivity contribution in [2.45, 2.75) is 21.6 Å². The van der Waals surface area contributed by atoms with Gasteiger partial charge in [0, 0.05) is 33.6 Å². The van der Waals surface area contributed by atoms with Crippen LogP contribution in [0.2, 0.25) is 0 Å². The first-order chi connectivity index (χ1) is 29.4. The molecular weight excluding hydrogens is 865 g/mol. The number of fused-ring (bicyclic) bond motifs is 4. The van der Waals surface area contributed by atoms with Gasteiger partial charge >= 0.3 is 0 Å². The van der Waals surface area contributed by atoms with Crippen LogP contribution in [0.5, 0.6) is 11.5 Å². The number of phenolic OH excluding ortho intramolecular Hbond substituents is 1. The Kier molecular flexibility index (Phi) is 10.5. The Morgan fingerprint density at radius 3 is 2.00 bits per heavy atom. The number of hydrogen-bond donors (Lipinski definition) is 5. The molecule has 0 bridgehead atoms. The van der Waals surface area contributed by atoms with Gasteiger partial charge in [-0.1, -0.05) is 24.3 Å². The van der Waals surface area contributed by atoms with Gasteiger partial charge in [0.2, 0.25) is 0 Å². The number of ether oxygens (including phenoxy) is 1. The molecule has 314 valence electrons. The summed E-state index contributed by atoms with van der Waals surface area (Å²) in [5.41, 5.74) is 3.16. The molecule has 5 N–H and O–H groups in total. The number of hydrogen-bond acceptors (Lipinski definition) is 15. The second-order valence-electron chi connectivity index (χ2n) is 13.6. The summed E-state index contributed by atoms with van der Waals surface area (Å²) in [6.45, 7) is 1.71. The van der Waals surface area contributed by atoms with E-state index in [1.807, 2.05) is 30.3 Å². The number of para-hydroxylation sites is 1. The molecular formula is C40H30N8O11S3. The van der Waals surface area contributed by atoms with E-state index in [2.05, 4.69) is 36.0 Å². The van der Waals surface area contributed by atoms with Crippen molar-refractivity contribution < 1.29 is 48.8 Å². The summed E-state index contributed by atoms with van der Waals surface area (Å²) in [7, 11) is -13.3. The standard InChI is InChI=1S/C40H30N8O11S3/c1-22-16-34(44-45-39-37(62(56,57)58)18-23-17-26(10-13-29(23)40(39)49)41-24-6-4-3-5-7-24)35(59-2)21-33(22)43-42-25-8-11-27(12-9-25)48-46-32-15-14-30-31(38(32)47-48)19-28(60(50,51)52)20-36(30)61(53,54)55/h3-21,41,49H,1-2H3,(H,50,51,52)(H,53,54,55)(H,56,57,58). The molecule has 19 nitrogen and oxygen atoms in total. The largest absolute Gasteiger partial charge is 0.505 e. The Morgan fingerprint density at radius 1 is 0.629 bits per heavy atom. The van der Waals surface area contributed by atoms with Crippen molar-refractivity contribution in [1.82, 2.24) is 15.0 Å². The number of aryl methyl sites for hydroxylation is 1. The molecule has 0 atom stereocenters. The van der Waals surface area contributed by atoms with Crippen LogP contribution in [0, 0.1) is 6.92 Å².